The first-order valence-electron chi connectivity index (χ1n) is 7.52. The van der Waals surface area contributed by atoms with Gasteiger partial charge in [0.1, 0.15) is 0 Å². The van der Waals surface area contributed by atoms with Crippen LogP contribution in [0.5, 0.6) is 0 Å². The standard InChI is InChI=1S/C15H31NO/c1-5-9-16(10-6-2)15-11-13(17)7-8-14(15)12(3)4/h12-15,17H,5-11H2,1-4H3. The van der Waals surface area contributed by atoms with Crippen LogP contribution in [0.25, 0.3) is 0 Å². The summed E-state index contributed by atoms with van der Waals surface area (Å²) in [4.78, 5) is 2.63. The van der Waals surface area contributed by atoms with Gasteiger partial charge < -0.3 is 10.0 Å². The van der Waals surface area contributed by atoms with Crippen molar-refractivity contribution < 1.29 is 5.11 Å². The number of nitrogens with zero attached hydrogens (tertiary/aromatic N) is 1. The number of rotatable bonds is 6. The first-order valence-corrected chi connectivity index (χ1v) is 7.52. The number of hydrogen-bond donors (Lipinski definition) is 1. The summed E-state index contributed by atoms with van der Waals surface area (Å²) in [6, 6.07) is 0.610. The Kier molecular flexibility index (Phi) is 6.50. The minimum atomic E-state index is -0.0637. The summed E-state index contributed by atoms with van der Waals surface area (Å²) in [5.74, 6) is 1.51. The molecule has 0 amide bonds. The van der Waals surface area contributed by atoms with E-state index in [9.17, 15) is 5.11 Å². The molecule has 0 bridgehead atoms. The summed E-state index contributed by atoms with van der Waals surface area (Å²) >= 11 is 0. The van der Waals surface area contributed by atoms with E-state index in [0.717, 1.165) is 24.7 Å². The predicted molar refractivity (Wildman–Crippen MR) is 74.1 cm³/mol. The van der Waals surface area contributed by atoms with Crippen molar-refractivity contribution in [1.29, 1.82) is 0 Å². The van der Waals surface area contributed by atoms with Crippen molar-refractivity contribution >= 4 is 0 Å². The summed E-state index contributed by atoms with van der Waals surface area (Å²) in [6.07, 6.45) is 5.57. The fourth-order valence-corrected chi connectivity index (χ4v) is 3.36. The van der Waals surface area contributed by atoms with Gasteiger partial charge >= 0.3 is 0 Å². The van der Waals surface area contributed by atoms with Crippen molar-refractivity contribution in [2.45, 2.75) is 71.9 Å². The molecule has 0 aromatic heterocycles. The topological polar surface area (TPSA) is 23.5 Å². The highest BCUT2D eigenvalue weighted by Gasteiger charge is 2.34. The van der Waals surface area contributed by atoms with E-state index in [1.165, 1.54) is 32.4 Å². The molecule has 0 aromatic rings. The molecule has 1 aliphatic rings. The van der Waals surface area contributed by atoms with E-state index in [1.54, 1.807) is 0 Å². The summed E-state index contributed by atoms with van der Waals surface area (Å²) in [7, 11) is 0. The van der Waals surface area contributed by atoms with E-state index in [0.29, 0.717) is 6.04 Å². The third-order valence-electron chi connectivity index (χ3n) is 4.19. The van der Waals surface area contributed by atoms with Gasteiger partial charge in [-0.15, -0.1) is 0 Å². The molecule has 1 fully saturated rings. The maximum atomic E-state index is 9.94. The maximum Gasteiger partial charge on any atom is 0.0555 e. The van der Waals surface area contributed by atoms with Gasteiger partial charge in [-0.05, 0) is 57.0 Å². The monoisotopic (exact) mass is 241 g/mol. The highest BCUT2D eigenvalue weighted by atomic mass is 16.3. The Morgan fingerprint density at radius 1 is 1.12 bits per heavy atom. The molecule has 1 saturated carbocycles. The Hall–Kier alpha value is -0.0800. The van der Waals surface area contributed by atoms with Gasteiger partial charge in [0.2, 0.25) is 0 Å². The Balaban J connectivity index is 2.70. The van der Waals surface area contributed by atoms with Crippen molar-refractivity contribution in [1.82, 2.24) is 4.90 Å². The highest BCUT2D eigenvalue weighted by Crippen LogP contribution is 2.34. The molecule has 17 heavy (non-hydrogen) atoms. The SMILES string of the molecule is CCCN(CCC)C1CC(O)CCC1C(C)C. The second kappa shape index (κ2) is 7.38. The lowest BCUT2D eigenvalue weighted by Crippen LogP contribution is -2.48. The third-order valence-corrected chi connectivity index (χ3v) is 4.19. The molecular weight excluding hydrogens is 210 g/mol. The summed E-state index contributed by atoms with van der Waals surface area (Å²) in [5, 5.41) is 9.94. The molecule has 1 aliphatic carbocycles. The van der Waals surface area contributed by atoms with Crippen molar-refractivity contribution in [2.75, 3.05) is 13.1 Å². The first-order chi connectivity index (χ1) is 8.10. The van der Waals surface area contributed by atoms with Gasteiger partial charge in [0.05, 0.1) is 6.10 Å². The van der Waals surface area contributed by atoms with Crippen LogP contribution in [0.15, 0.2) is 0 Å². The number of hydrogen-bond acceptors (Lipinski definition) is 2. The molecule has 0 saturated heterocycles. The molecule has 2 heteroatoms. The van der Waals surface area contributed by atoms with Crippen LogP contribution in [0.1, 0.15) is 59.8 Å². The smallest absolute Gasteiger partial charge is 0.0555 e. The van der Waals surface area contributed by atoms with E-state index in [1.807, 2.05) is 0 Å². The van der Waals surface area contributed by atoms with Crippen LogP contribution in [0.3, 0.4) is 0 Å². The van der Waals surface area contributed by atoms with Gasteiger partial charge in [0, 0.05) is 6.04 Å². The zero-order valence-corrected chi connectivity index (χ0v) is 12.2. The van der Waals surface area contributed by atoms with E-state index in [4.69, 9.17) is 0 Å². The summed E-state index contributed by atoms with van der Waals surface area (Å²) in [6.45, 7) is 11.6. The van der Waals surface area contributed by atoms with Gasteiger partial charge in [-0.2, -0.15) is 0 Å². The fourth-order valence-electron chi connectivity index (χ4n) is 3.36. The Morgan fingerprint density at radius 3 is 2.18 bits per heavy atom. The molecule has 0 heterocycles. The molecule has 0 aromatic carbocycles. The predicted octanol–water partition coefficient (Wildman–Crippen LogP) is 3.29. The molecular formula is C15H31NO. The molecule has 0 radical (unpaired) electrons. The van der Waals surface area contributed by atoms with Crippen LogP contribution in [0, 0.1) is 11.8 Å². The fraction of sp³-hybridized carbons (Fsp3) is 1.00. The van der Waals surface area contributed by atoms with Gasteiger partial charge in [0.15, 0.2) is 0 Å². The zero-order chi connectivity index (χ0) is 12.8. The van der Waals surface area contributed by atoms with Gasteiger partial charge in [-0.3, -0.25) is 0 Å². The van der Waals surface area contributed by atoms with Crippen LogP contribution in [-0.4, -0.2) is 35.2 Å². The Bertz CT molecular complexity index is 199. The van der Waals surface area contributed by atoms with Crippen molar-refractivity contribution in [3.63, 3.8) is 0 Å². The first kappa shape index (κ1) is 15.0. The minimum absolute atomic E-state index is 0.0637. The second-order valence-electron chi connectivity index (χ2n) is 5.98. The van der Waals surface area contributed by atoms with Gasteiger partial charge in [-0.1, -0.05) is 27.7 Å². The van der Waals surface area contributed by atoms with E-state index >= 15 is 0 Å². The summed E-state index contributed by atoms with van der Waals surface area (Å²) in [5.41, 5.74) is 0. The number of aliphatic hydroxyl groups is 1. The number of aliphatic hydroxyl groups excluding tert-OH is 1. The molecule has 2 nitrogen and oxygen atoms in total. The molecule has 1 N–H and O–H groups in total. The molecule has 3 unspecified atom stereocenters. The Labute approximate surface area is 107 Å². The van der Waals surface area contributed by atoms with Gasteiger partial charge in [0.25, 0.3) is 0 Å². The normalized spacial score (nSPS) is 30.2. The minimum Gasteiger partial charge on any atom is -0.393 e. The third kappa shape index (κ3) is 4.26. The summed E-state index contributed by atoms with van der Waals surface area (Å²) < 4.78 is 0. The van der Waals surface area contributed by atoms with Crippen LogP contribution in [-0.2, 0) is 0 Å². The van der Waals surface area contributed by atoms with Gasteiger partial charge in [-0.25, -0.2) is 0 Å². The van der Waals surface area contributed by atoms with Crippen LogP contribution >= 0.6 is 0 Å². The Morgan fingerprint density at radius 2 is 1.71 bits per heavy atom. The van der Waals surface area contributed by atoms with E-state index in [-0.39, 0.29) is 6.10 Å². The molecule has 0 spiro atoms. The average molecular weight is 241 g/mol. The van der Waals surface area contributed by atoms with E-state index in [2.05, 4.69) is 32.6 Å². The molecule has 102 valence electrons. The quantitative estimate of drug-likeness (QED) is 0.771. The van der Waals surface area contributed by atoms with Crippen LogP contribution in [0.4, 0.5) is 0 Å². The zero-order valence-electron chi connectivity index (χ0n) is 12.2. The maximum absolute atomic E-state index is 9.94. The largest absolute Gasteiger partial charge is 0.393 e. The molecule has 1 rings (SSSR count). The van der Waals surface area contributed by atoms with Crippen LogP contribution < -0.4 is 0 Å². The molecule has 0 aliphatic heterocycles. The average Bonchev–Trinajstić information content (AvgIpc) is 2.28. The van der Waals surface area contributed by atoms with Crippen LogP contribution in [0.2, 0.25) is 0 Å². The lowest BCUT2D eigenvalue weighted by Gasteiger charge is -2.43. The van der Waals surface area contributed by atoms with Crippen molar-refractivity contribution in [3.8, 4) is 0 Å². The lowest BCUT2D eigenvalue weighted by atomic mass is 9.76. The van der Waals surface area contributed by atoms with Crippen molar-refractivity contribution in [2.24, 2.45) is 11.8 Å². The second-order valence-corrected chi connectivity index (χ2v) is 5.98. The highest BCUT2D eigenvalue weighted by molar-refractivity contribution is 4.88. The van der Waals surface area contributed by atoms with Crippen molar-refractivity contribution in [3.05, 3.63) is 0 Å². The lowest BCUT2D eigenvalue weighted by molar-refractivity contribution is 0.0115. The molecule has 3 atom stereocenters. The van der Waals surface area contributed by atoms with E-state index < -0.39 is 0 Å².